The summed E-state index contributed by atoms with van der Waals surface area (Å²) >= 11 is 0. The number of ether oxygens (including phenoxy) is 2. The Kier molecular flexibility index (Phi) is 9.28. The Balaban J connectivity index is 0.00000253. The molecule has 0 bridgehead atoms. The standard InChI is InChI=1S/C26H39N5O4S.2H2/c1-34-24-7-6-23(18-25(24)35-17-5-14-30-12-3-4-13-30)29-26-19-22(8-11-27-26)28-20-21-9-15-31(16-10-21)36(2,32)33;;/h6-8,11,18-19,21H,3-5,9-10,12-17,20H2,1-2H3,(H2,27,28,29);2*1H. The number of sulfonamides is 1. The third kappa shape index (κ3) is 7.72. The van der Waals surface area contributed by atoms with Crippen LogP contribution in [0.5, 0.6) is 11.5 Å². The molecule has 2 fully saturated rings. The third-order valence-electron chi connectivity index (χ3n) is 6.91. The maximum Gasteiger partial charge on any atom is 0.211 e. The van der Waals surface area contributed by atoms with E-state index in [2.05, 4.69) is 20.5 Å². The van der Waals surface area contributed by atoms with Crippen LogP contribution < -0.4 is 20.1 Å². The fraction of sp³-hybridized carbons (Fsp3) is 0.577. The van der Waals surface area contributed by atoms with Gasteiger partial charge in [-0.05, 0) is 69.3 Å². The number of aromatic nitrogens is 1. The largest absolute Gasteiger partial charge is 0.493 e. The minimum Gasteiger partial charge on any atom is -0.493 e. The number of pyridine rings is 1. The Bertz CT molecular complexity index is 1090. The van der Waals surface area contributed by atoms with Crippen molar-refractivity contribution in [2.75, 3.05) is 69.9 Å². The van der Waals surface area contributed by atoms with Gasteiger partial charge < -0.3 is 25.0 Å². The number of nitrogens with one attached hydrogen (secondary N) is 2. The number of benzene rings is 1. The molecular weight excluding hydrogens is 478 g/mol. The summed E-state index contributed by atoms with van der Waals surface area (Å²) in [5.41, 5.74) is 1.85. The van der Waals surface area contributed by atoms with Crippen molar-refractivity contribution in [2.24, 2.45) is 5.92 Å². The van der Waals surface area contributed by atoms with Crippen LogP contribution in [0.3, 0.4) is 0 Å². The number of piperidine rings is 1. The van der Waals surface area contributed by atoms with Gasteiger partial charge >= 0.3 is 0 Å². The van der Waals surface area contributed by atoms with Crippen molar-refractivity contribution in [2.45, 2.75) is 32.1 Å². The van der Waals surface area contributed by atoms with Gasteiger partial charge in [0, 0.05) is 58.7 Å². The molecule has 2 saturated heterocycles. The van der Waals surface area contributed by atoms with E-state index >= 15 is 0 Å². The van der Waals surface area contributed by atoms with Gasteiger partial charge in [0.1, 0.15) is 5.82 Å². The van der Waals surface area contributed by atoms with Gasteiger partial charge in [-0.15, -0.1) is 0 Å². The lowest BCUT2D eigenvalue weighted by atomic mass is 9.98. The molecule has 0 radical (unpaired) electrons. The van der Waals surface area contributed by atoms with Crippen molar-refractivity contribution >= 4 is 27.2 Å². The van der Waals surface area contributed by atoms with E-state index in [9.17, 15) is 8.42 Å². The summed E-state index contributed by atoms with van der Waals surface area (Å²) in [5.74, 6) is 2.61. The first-order chi connectivity index (χ1) is 17.4. The molecule has 0 atom stereocenters. The summed E-state index contributed by atoms with van der Waals surface area (Å²) in [6.07, 6.45) is 8.38. The molecule has 4 rings (SSSR count). The van der Waals surface area contributed by atoms with E-state index in [0.717, 1.165) is 55.3 Å². The molecule has 0 unspecified atom stereocenters. The van der Waals surface area contributed by atoms with E-state index in [-0.39, 0.29) is 2.85 Å². The Hall–Kier alpha value is -2.56. The summed E-state index contributed by atoms with van der Waals surface area (Å²) in [6, 6.07) is 9.73. The molecule has 0 spiro atoms. The second-order valence-corrected chi connectivity index (χ2v) is 11.6. The predicted octanol–water partition coefficient (Wildman–Crippen LogP) is 4.27. The monoisotopic (exact) mass is 521 g/mol. The van der Waals surface area contributed by atoms with E-state index in [4.69, 9.17) is 9.47 Å². The summed E-state index contributed by atoms with van der Waals surface area (Å²) < 4.78 is 36.5. The van der Waals surface area contributed by atoms with Crippen LogP contribution in [0.1, 0.15) is 35.0 Å². The molecule has 9 nitrogen and oxygen atoms in total. The Labute approximate surface area is 218 Å². The maximum absolute atomic E-state index is 11.7. The van der Waals surface area contributed by atoms with Gasteiger partial charge in [-0.3, -0.25) is 0 Å². The second-order valence-electron chi connectivity index (χ2n) is 9.66. The molecule has 2 aliphatic heterocycles. The summed E-state index contributed by atoms with van der Waals surface area (Å²) in [6.45, 7) is 6.11. The van der Waals surface area contributed by atoms with E-state index < -0.39 is 10.0 Å². The molecule has 36 heavy (non-hydrogen) atoms. The number of hydrogen-bond donors (Lipinski definition) is 2. The van der Waals surface area contributed by atoms with Crippen LogP contribution in [-0.2, 0) is 10.0 Å². The molecule has 0 amide bonds. The normalized spacial score (nSPS) is 17.7. The van der Waals surface area contributed by atoms with Crippen molar-refractivity contribution in [3.8, 4) is 11.5 Å². The molecule has 1 aromatic heterocycles. The zero-order chi connectivity index (χ0) is 25.4. The summed E-state index contributed by atoms with van der Waals surface area (Å²) in [4.78, 5) is 6.95. The van der Waals surface area contributed by atoms with Crippen LogP contribution in [0.25, 0.3) is 0 Å². The zero-order valence-electron chi connectivity index (χ0n) is 21.4. The SMILES string of the molecule is COc1ccc(Nc2cc(NCC3CCN(S(C)(=O)=O)CC3)ccn2)cc1OCCCN1CCCC1.[HH].[HH]. The molecule has 0 saturated carbocycles. The lowest BCUT2D eigenvalue weighted by molar-refractivity contribution is 0.254. The number of rotatable bonds is 12. The highest BCUT2D eigenvalue weighted by Crippen LogP contribution is 2.32. The van der Waals surface area contributed by atoms with Gasteiger partial charge in [0.15, 0.2) is 11.5 Å². The van der Waals surface area contributed by atoms with E-state index in [1.54, 1.807) is 17.6 Å². The molecule has 2 N–H and O–H groups in total. The third-order valence-corrected chi connectivity index (χ3v) is 8.21. The summed E-state index contributed by atoms with van der Waals surface area (Å²) in [7, 11) is -1.44. The van der Waals surface area contributed by atoms with E-state index in [0.29, 0.717) is 31.4 Å². The number of nitrogens with zero attached hydrogens (tertiary/aromatic N) is 3. The fourth-order valence-electron chi connectivity index (χ4n) is 4.81. The van der Waals surface area contributed by atoms with Crippen LogP contribution in [0, 0.1) is 5.92 Å². The topological polar surface area (TPSA) is 96.0 Å². The van der Waals surface area contributed by atoms with Crippen molar-refractivity contribution in [1.82, 2.24) is 14.2 Å². The van der Waals surface area contributed by atoms with Crippen molar-refractivity contribution in [1.29, 1.82) is 0 Å². The minimum absolute atomic E-state index is 0. The van der Waals surface area contributed by atoms with Crippen LogP contribution >= 0.6 is 0 Å². The quantitative estimate of drug-likeness (QED) is 0.400. The minimum atomic E-state index is -3.09. The second kappa shape index (κ2) is 12.6. The predicted molar refractivity (Wildman–Crippen MR) is 148 cm³/mol. The van der Waals surface area contributed by atoms with Gasteiger partial charge in [-0.1, -0.05) is 0 Å². The number of likely N-dealkylation sites (tertiary alicyclic amines) is 1. The Morgan fingerprint density at radius 2 is 1.83 bits per heavy atom. The van der Waals surface area contributed by atoms with Crippen molar-refractivity contribution < 1.29 is 20.7 Å². The molecule has 202 valence electrons. The highest BCUT2D eigenvalue weighted by atomic mass is 32.2. The molecule has 0 aliphatic carbocycles. The number of methoxy groups -OCH3 is 1. The van der Waals surface area contributed by atoms with Crippen LogP contribution in [0.2, 0.25) is 0 Å². The highest BCUT2D eigenvalue weighted by molar-refractivity contribution is 7.88. The highest BCUT2D eigenvalue weighted by Gasteiger charge is 2.24. The van der Waals surface area contributed by atoms with Gasteiger partial charge in [-0.2, -0.15) is 0 Å². The van der Waals surface area contributed by atoms with E-state index in [1.807, 2.05) is 30.3 Å². The van der Waals surface area contributed by atoms with Gasteiger partial charge in [0.05, 0.1) is 20.0 Å². The van der Waals surface area contributed by atoms with Crippen LogP contribution in [-0.4, -0.2) is 81.8 Å². The Morgan fingerprint density at radius 1 is 1.06 bits per heavy atom. The lowest BCUT2D eigenvalue weighted by Crippen LogP contribution is -2.39. The Morgan fingerprint density at radius 3 is 2.56 bits per heavy atom. The van der Waals surface area contributed by atoms with Gasteiger partial charge in [0.2, 0.25) is 10.0 Å². The van der Waals surface area contributed by atoms with Crippen molar-refractivity contribution in [3.05, 3.63) is 36.5 Å². The molecule has 10 heteroatoms. The van der Waals surface area contributed by atoms with Gasteiger partial charge in [0.25, 0.3) is 0 Å². The smallest absolute Gasteiger partial charge is 0.211 e. The molecule has 1 aromatic carbocycles. The van der Waals surface area contributed by atoms with Crippen molar-refractivity contribution in [3.63, 3.8) is 0 Å². The summed E-state index contributed by atoms with van der Waals surface area (Å²) in [5, 5.41) is 6.85. The average molecular weight is 522 g/mol. The number of hydrogen-bond acceptors (Lipinski definition) is 8. The molecule has 3 heterocycles. The first kappa shape index (κ1) is 26.5. The van der Waals surface area contributed by atoms with Gasteiger partial charge in [-0.25, -0.2) is 17.7 Å². The average Bonchev–Trinajstić information content (AvgIpc) is 3.39. The first-order valence-corrected chi connectivity index (χ1v) is 14.7. The fourth-order valence-corrected chi connectivity index (χ4v) is 5.68. The van der Waals surface area contributed by atoms with E-state index in [1.165, 1.54) is 32.2 Å². The first-order valence-electron chi connectivity index (χ1n) is 12.9. The van der Waals surface area contributed by atoms with Crippen LogP contribution in [0.15, 0.2) is 36.5 Å². The lowest BCUT2D eigenvalue weighted by Gasteiger charge is -2.30. The molecule has 2 aliphatic rings. The maximum atomic E-state index is 11.7. The molecular formula is C26H43N5O4S. The number of anilines is 3. The zero-order valence-corrected chi connectivity index (χ0v) is 22.2. The molecule has 2 aromatic rings. The van der Waals surface area contributed by atoms with Crippen LogP contribution in [0.4, 0.5) is 17.2 Å².